The highest BCUT2D eigenvalue weighted by atomic mass is 16.5. The fourth-order valence-electron chi connectivity index (χ4n) is 4.56. The zero-order chi connectivity index (χ0) is 18.0. The quantitative estimate of drug-likeness (QED) is 0.782. The van der Waals surface area contributed by atoms with Crippen LogP contribution in [0.4, 0.5) is 0 Å². The van der Waals surface area contributed by atoms with Crippen molar-refractivity contribution >= 4 is 5.97 Å². The van der Waals surface area contributed by atoms with Crippen LogP contribution in [-0.4, -0.2) is 32.9 Å². The van der Waals surface area contributed by atoms with Crippen LogP contribution < -0.4 is 4.74 Å². The van der Waals surface area contributed by atoms with E-state index < -0.39 is 5.97 Å². The smallest absolute Gasteiger partial charge is 0.303 e. The van der Waals surface area contributed by atoms with Crippen molar-refractivity contribution in [2.45, 2.75) is 51.4 Å². The number of fused-ring (bicyclic) bond motifs is 3. The highest BCUT2D eigenvalue weighted by Crippen LogP contribution is 2.58. The number of nitrogens with zero attached hydrogens (tertiary/aromatic N) is 2. The van der Waals surface area contributed by atoms with E-state index in [0.29, 0.717) is 6.42 Å². The fourth-order valence-corrected chi connectivity index (χ4v) is 4.56. The van der Waals surface area contributed by atoms with E-state index in [2.05, 4.69) is 15.2 Å². The van der Waals surface area contributed by atoms with Gasteiger partial charge in [0.15, 0.2) is 0 Å². The van der Waals surface area contributed by atoms with Gasteiger partial charge in [-0.05, 0) is 68.6 Å². The number of aromatic nitrogens is 3. The van der Waals surface area contributed by atoms with Crippen molar-refractivity contribution in [3.63, 3.8) is 0 Å². The minimum atomic E-state index is -0.670. The molecule has 3 saturated carbocycles. The minimum absolute atomic E-state index is 0.257. The Bertz CT molecular complexity index is 731. The van der Waals surface area contributed by atoms with Crippen LogP contribution in [0, 0.1) is 10.8 Å². The predicted molar refractivity (Wildman–Crippen MR) is 96.8 cm³/mol. The van der Waals surface area contributed by atoms with Crippen LogP contribution in [0.15, 0.2) is 30.6 Å². The van der Waals surface area contributed by atoms with Gasteiger partial charge in [0.25, 0.3) is 0 Å². The number of carbonyl (C=O) groups is 1. The lowest BCUT2D eigenvalue weighted by molar-refractivity contribution is -0.138. The number of aromatic amines is 1. The summed E-state index contributed by atoms with van der Waals surface area (Å²) >= 11 is 0. The van der Waals surface area contributed by atoms with Crippen LogP contribution in [0.3, 0.4) is 0 Å². The van der Waals surface area contributed by atoms with Gasteiger partial charge < -0.3 is 9.84 Å². The summed E-state index contributed by atoms with van der Waals surface area (Å²) in [7, 11) is 0. The standard InChI is InChI=1S/C20H25N3O3/c24-18(25)3-5-19-6-9-20(10-7-19,11-8-19)14-26-15-1-2-16(21-13-15)17-4-12-22-23-17/h1-2,4,12-13H,3,5-11,14H2,(H,22,23)(H,24,25). The van der Waals surface area contributed by atoms with Gasteiger partial charge in [0.05, 0.1) is 24.2 Å². The molecule has 2 heterocycles. The minimum Gasteiger partial charge on any atom is -0.491 e. The van der Waals surface area contributed by atoms with Gasteiger partial charge in [-0.2, -0.15) is 5.10 Å². The lowest BCUT2D eigenvalue weighted by atomic mass is 9.53. The van der Waals surface area contributed by atoms with Crippen LogP contribution in [0.5, 0.6) is 5.75 Å². The summed E-state index contributed by atoms with van der Waals surface area (Å²) in [4.78, 5) is 15.3. The molecule has 0 amide bonds. The Morgan fingerprint density at radius 2 is 1.85 bits per heavy atom. The van der Waals surface area contributed by atoms with Crippen LogP contribution in [0.2, 0.25) is 0 Å². The molecule has 3 aliphatic carbocycles. The number of carboxylic acids is 1. The molecule has 5 rings (SSSR count). The Morgan fingerprint density at radius 3 is 2.42 bits per heavy atom. The summed E-state index contributed by atoms with van der Waals surface area (Å²) in [6.07, 6.45) is 11.5. The van der Waals surface area contributed by atoms with Crippen molar-refractivity contribution < 1.29 is 14.6 Å². The molecule has 6 nitrogen and oxygen atoms in total. The summed E-state index contributed by atoms with van der Waals surface area (Å²) < 4.78 is 6.09. The molecule has 138 valence electrons. The molecule has 0 unspecified atom stereocenters. The number of hydrogen-bond donors (Lipinski definition) is 2. The first-order valence-corrected chi connectivity index (χ1v) is 9.39. The van der Waals surface area contributed by atoms with E-state index >= 15 is 0 Å². The molecule has 0 atom stereocenters. The van der Waals surface area contributed by atoms with Crippen LogP contribution in [0.25, 0.3) is 11.4 Å². The molecule has 2 N–H and O–H groups in total. The Hall–Kier alpha value is -2.37. The highest BCUT2D eigenvalue weighted by molar-refractivity contribution is 5.66. The van der Waals surface area contributed by atoms with Gasteiger partial charge in [-0.3, -0.25) is 14.9 Å². The monoisotopic (exact) mass is 355 g/mol. The fraction of sp³-hybridized carbons (Fsp3) is 0.550. The number of H-pyrrole nitrogens is 1. The van der Waals surface area contributed by atoms with E-state index in [1.807, 2.05) is 18.2 Å². The first kappa shape index (κ1) is 17.1. The average molecular weight is 355 g/mol. The number of aliphatic carboxylic acids is 1. The summed E-state index contributed by atoms with van der Waals surface area (Å²) in [5, 5.41) is 15.8. The van der Waals surface area contributed by atoms with E-state index in [0.717, 1.165) is 68.7 Å². The van der Waals surface area contributed by atoms with Gasteiger partial charge in [-0.25, -0.2) is 0 Å². The maximum atomic E-state index is 10.9. The summed E-state index contributed by atoms with van der Waals surface area (Å²) in [5.41, 5.74) is 2.28. The number of ether oxygens (including phenoxy) is 1. The normalized spacial score (nSPS) is 27.4. The molecule has 26 heavy (non-hydrogen) atoms. The van der Waals surface area contributed by atoms with Gasteiger partial charge in [0.2, 0.25) is 0 Å². The molecule has 0 saturated heterocycles. The number of pyridine rings is 1. The first-order chi connectivity index (χ1) is 12.6. The van der Waals surface area contributed by atoms with Crippen molar-refractivity contribution in [2.75, 3.05) is 6.61 Å². The van der Waals surface area contributed by atoms with Crippen LogP contribution >= 0.6 is 0 Å². The van der Waals surface area contributed by atoms with Gasteiger partial charge >= 0.3 is 5.97 Å². The Balaban J connectivity index is 1.32. The van der Waals surface area contributed by atoms with E-state index in [1.54, 1.807) is 12.4 Å². The second-order valence-corrected chi connectivity index (χ2v) is 8.03. The Morgan fingerprint density at radius 1 is 1.12 bits per heavy atom. The molecule has 3 aliphatic rings. The Kier molecular flexibility index (Phi) is 4.42. The Labute approximate surface area is 153 Å². The van der Waals surface area contributed by atoms with Crippen molar-refractivity contribution in [3.05, 3.63) is 30.6 Å². The second-order valence-electron chi connectivity index (χ2n) is 8.03. The SMILES string of the molecule is O=C(O)CCC12CCC(COc3ccc(-c4ccn[nH]4)nc3)(CC1)CC2. The third-order valence-electron chi connectivity index (χ3n) is 6.48. The van der Waals surface area contributed by atoms with Crippen LogP contribution in [0.1, 0.15) is 51.4 Å². The zero-order valence-corrected chi connectivity index (χ0v) is 14.9. The highest BCUT2D eigenvalue weighted by Gasteiger charge is 2.48. The maximum absolute atomic E-state index is 10.9. The predicted octanol–water partition coefficient (Wildman–Crippen LogP) is 4.06. The van der Waals surface area contributed by atoms with Gasteiger partial charge in [-0.1, -0.05) is 0 Å². The van der Waals surface area contributed by atoms with Crippen molar-refractivity contribution in [1.29, 1.82) is 0 Å². The molecule has 2 bridgehead atoms. The summed E-state index contributed by atoms with van der Waals surface area (Å²) in [6, 6.07) is 5.80. The number of hydrogen-bond acceptors (Lipinski definition) is 4. The van der Waals surface area contributed by atoms with Gasteiger partial charge in [0.1, 0.15) is 5.75 Å². The molecule has 0 aliphatic heterocycles. The molecular formula is C20H25N3O3. The van der Waals surface area contributed by atoms with Gasteiger partial charge in [0, 0.05) is 18.0 Å². The van der Waals surface area contributed by atoms with Gasteiger partial charge in [-0.15, -0.1) is 0 Å². The molecule has 0 spiro atoms. The topological polar surface area (TPSA) is 88.1 Å². The average Bonchev–Trinajstić information content (AvgIpc) is 3.22. The summed E-state index contributed by atoms with van der Waals surface area (Å²) in [6.45, 7) is 0.729. The van der Waals surface area contributed by atoms with Crippen molar-refractivity contribution in [1.82, 2.24) is 15.2 Å². The number of carboxylic acid groups (broad SMARTS) is 1. The molecule has 2 aromatic heterocycles. The van der Waals surface area contributed by atoms with Crippen molar-refractivity contribution in [2.24, 2.45) is 10.8 Å². The zero-order valence-electron chi connectivity index (χ0n) is 14.9. The lowest BCUT2D eigenvalue weighted by Crippen LogP contribution is -2.44. The first-order valence-electron chi connectivity index (χ1n) is 9.39. The molecule has 0 aromatic carbocycles. The van der Waals surface area contributed by atoms with Crippen molar-refractivity contribution in [3.8, 4) is 17.1 Å². The number of nitrogens with one attached hydrogen (secondary N) is 1. The van der Waals surface area contributed by atoms with E-state index in [1.165, 1.54) is 0 Å². The lowest BCUT2D eigenvalue weighted by Gasteiger charge is -2.53. The molecular weight excluding hydrogens is 330 g/mol. The maximum Gasteiger partial charge on any atom is 0.303 e. The largest absolute Gasteiger partial charge is 0.491 e. The van der Waals surface area contributed by atoms with E-state index in [9.17, 15) is 4.79 Å². The molecule has 3 fully saturated rings. The van der Waals surface area contributed by atoms with E-state index in [4.69, 9.17) is 9.84 Å². The third kappa shape index (κ3) is 3.45. The summed E-state index contributed by atoms with van der Waals surface area (Å²) in [5.74, 6) is 0.132. The van der Waals surface area contributed by atoms with E-state index in [-0.39, 0.29) is 10.8 Å². The van der Waals surface area contributed by atoms with Crippen LogP contribution in [-0.2, 0) is 4.79 Å². The third-order valence-corrected chi connectivity index (χ3v) is 6.48. The molecule has 6 heteroatoms. The number of rotatable bonds is 7. The molecule has 2 aromatic rings. The second kappa shape index (κ2) is 6.74. The molecule has 0 radical (unpaired) electrons.